The van der Waals surface area contributed by atoms with Crippen LogP contribution in [-0.2, 0) is 25.7 Å². The summed E-state index contributed by atoms with van der Waals surface area (Å²) < 4.78 is 0. The Hall–Kier alpha value is -2.00. The lowest BCUT2D eigenvalue weighted by atomic mass is 10.0. The first-order chi connectivity index (χ1) is 14.3. The summed E-state index contributed by atoms with van der Waals surface area (Å²) in [6, 6.07) is 18.0. The van der Waals surface area contributed by atoms with Crippen LogP contribution in [-0.4, -0.2) is 10.2 Å². The van der Waals surface area contributed by atoms with Crippen LogP contribution in [0.1, 0.15) is 74.1 Å². The molecule has 0 N–H and O–H groups in total. The molecule has 0 aliphatic rings. The average molecular weight is 407 g/mol. The van der Waals surface area contributed by atoms with Crippen molar-refractivity contribution in [1.29, 1.82) is 0 Å². The Morgan fingerprint density at radius 3 is 1.79 bits per heavy atom. The molecular formula is C26H34N2S. The molecule has 1 aromatic heterocycles. The summed E-state index contributed by atoms with van der Waals surface area (Å²) in [6.45, 7) is 4.49. The van der Waals surface area contributed by atoms with Crippen molar-refractivity contribution in [2.24, 2.45) is 0 Å². The minimum absolute atomic E-state index is 1.05. The lowest BCUT2D eigenvalue weighted by molar-refractivity contribution is 0.630. The molecule has 0 bridgehead atoms. The summed E-state index contributed by atoms with van der Waals surface area (Å²) in [4.78, 5) is 0. The molecule has 0 fully saturated rings. The maximum atomic E-state index is 4.42. The molecule has 3 heteroatoms. The normalized spacial score (nSPS) is 11.1. The molecule has 2 aromatic carbocycles. The Balaban J connectivity index is 1.48. The van der Waals surface area contributed by atoms with Crippen LogP contribution in [0.5, 0.6) is 0 Å². The largest absolute Gasteiger partial charge is 0.147 e. The van der Waals surface area contributed by atoms with Crippen molar-refractivity contribution in [3.8, 4) is 10.6 Å². The SMILES string of the molecule is CCCCCCCc1nnc(-c2ccc(CCc3ccc(CCC)cc3)cc2)s1. The van der Waals surface area contributed by atoms with Gasteiger partial charge in [0.2, 0.25) is 0 Å². The molecule has 2 nitrogen and oxygen atoms in total. The fraction of sp³-hybridized carbons (Fsp3) is 0.462. The summed E-state index contributed by atoms with van der Waals surface area (Å²) in [5.41, 5.74) is 5.43. The highest BCUT2D eigenvalue weighted by atomic mass is 32.1. The van der Waals surface area contributed by atoms with Gasteiger partial charge in [0.15, 0.2) is 0 Å². The number of hydrogen-bond acceptors (Lipinski definition) is 3. The van der Waals surface area contributed by atoms with Crippen LogP contribution in [0.4, 0.5) is 0 Å². The Kier molecular flexibility index (Phi) is 8.88. The van der Waals surface area contributed by atoms with E-state index in [4.69, 9.17) is 0 Å². The Labute approximate surface area is 180 Å². The van der Waals surface area contributed by atoms with Crippen molar-refractivity contribution in [2.75, 3.05) is 0 Å². The second-order valence-electron chi connectivity index (χ2n) is 7.93. The van der Waals surface area contributed by atoms with E-state index >= 15 is 0 Å². The lowest BCUT2D eigenvalue weighted by Gasteiger charge is -2.05. The third-order valence-corrected chi connectivity index (χ3v) is 6.46. The molecule has 0 aliphatic carbocycles. The van der Waals surface area contributed by atoms with Crippen LogP contribution in [0.3, 0.4) is 0 Å². The second kappa shape index (κ2) is 11.9. The van der Waals surface area contributed by atoms with Crippen LogP contribution in [0, 0.1) is 0 Å². The molecule has 0 amide bonds. The van der Waals surface area contributed by atoms with Gasteiger partial charge in [0, 0.05) is 12.0 Å². The topological polar surface area (TPSA) is 25.8 Å². The van der Waals surface area contributed by atoms with Crippen molar-refractivity contribution in [1.82, 2.24) is 10.2 Å². The molecule has 0 atom stereocenters. The van der Waals surface area contributed by atoms with Crippen molar-refractivity contribution >= 4 is 11.3 Å². The molecule has 154 valence electrons. The van der Waals surface area contributed by atoms with Gasteiger partial charge in [-0.1, -0.05) is 106 Å². The van der Waals surface area contributed by atoms with Gasteiger partial charge in [0.1, 0.15) is 10.0 Å². The maximum Gasteiger partial charge on any atom is 0.147 e. The zero-order valence-electron chi connectivity index (χ0n) is 18.0. The Morgan fingerprint density at radius 1 is 0.586 bits per heavy atom. The molecule has 0 radical (unpaired) electrons. The van der Waals surface area contributed by atoms with Crippen molar-refractivity contribution in [2.45, 2.75) is 78.1 Å². The van der Waals surface area contributed by atoms with Gasteiger partial charge >= 0.3 is 0 Å². The first-order valence-electron chi connectivity index (χ1n) is 11.3. The van der Waals surface area contributed by atoms with E-state index in [0.717, 1.165) is 24.3 Å². The molecule has 3 rings (SSSR count). The minimum atomic E-state index is 1.05. The number of unbranched alkanes of at least 4 members (excludes halogenated alkanes) is 4. The van der Waals surface area contributed by atoms with E-state index in [1.807, 2.05) is 0 Å². The zero-order valence-corrected chi connectivity index (χ0v) is 18.8. The summed E-state index contributed by atoms with van der Waals surface area (Å²) in [6.07, 6.45) is 12.1. The quantitative estimate of drug-likeness (QED) is 0.292. The zero-order chi connectivity index (χ0) is 20.3. The van der Waals surface area contributed by atoms with Gasteiger partial charge in [-0.05, 0) is 42.4 Å². The van der Waals surface area contributed by atoms with Gasteiger partial charge in [-0.2, -0.15) is 0 Å². The maximum absolute atomic E-state index is 4.42. The monoisotopic (exact) mass is 406 g/mol. The highest BCUT2D eigenvalue weighted by Crippen LogP contribution is 2.25. The molecule has 3 aromatic rings. The van der Waals surface area contributed by atoms with E-state index in [1.54, 1.807) is 11.3 Å². The second-order valence-corrected chi connectivity index (χ2v) is 8.99. The molecule has 0 saturated carbocycles. The van der Waals surface area contributed by atoms with Gasteiger partial charge in [-0.3, -0.25) is 0 Å². The van der Waals surface area contributed by atoms with E-state index in [1.165, 1.54) is 72.2 Å². The van der Waals surface area contributed by atoms with E-state index < -0.39 is 0 Å². The predicted octanol–water partition coefficient (Wildman–Crippen LogP) is 7.46. The van der Waals surface area contributed by atoms with E-state index in [2.05, 4.69) is 72.6 Å². The number of hydrogen-bond donors (Lipinski definition) is 0. The number of rotatable bonds is 12. The van der Waals surface area contributed by atoms with E-state index in [0.29, 0.717) is 0 Å². The average Bonchev–Trinajstić information content (AvgIpc) is 3.23. The first kappa shape index (κ1) is 21.7. The van der Waals surface area contributed by atoms with Gasteiger partial charge < -0.3 is 0 Å². The van der Waals surface area contributed by atoms with Crippen LogP contribution in [0.2, 0.25) is 0 Å². The first-order valence-corrected chi connectivity index (χ1v) is 12.1. The van der Waals surface area contributed by atoms with Crippen LogP contribution in [0.25, 0.3) is 10.6 Å². The van der Waals surface area contributed by atoms with Gasteiger partial charge in [-0.25, -0.2) is 0 Å². The molecule has 1 heterocycles. The predicted molar refractivity (Wildman–Crippen MR) is 126 cm³/mol. The highest BCUT2D eigenvalue weighted by molar-refractivity contribution is 7.14. The fourth-order valence-corrected chi connectivity index (χ4v) is 4.50. The molecular weight excluding hydrogens is 372 g/mol. The fourth-order valence-electron chi connectivity index (χ4n) is 3.62. The van der Waals surface area contributed by atoms with Gasteiger partial charge in [0.05, 0.1) is 0 Å². The number of benzene rings is 2. The van der Waals surface area contributed by atoms with Crippen LogP contribution >= 0.6 is 11.3 Å². The molecule has 0 spiro atoms. The molecule has 29 heavy (non-hydrogen) atoms. The standard InChI is InChI=1S/C26H34N2S/c1-3-5-6-7-8-10-25-27-28-26(29-25)24-19-17-23(18-20-24)16-15-22-13-11-21(9-4-2)12-14-22/h11-14,17-20H,3-10,15-16H2,1-2H3. The van der Waals surface area contributed by atoms with Crippen LogP contribution < -0.4 is 0 Å². The summed E-state index contributed by atoms with van der Waals surface area (Å²) in [7, 11) is 0. The lowest BCUT2D eigenvalue weighted by Crippen LogP contribution is -1.92. The van der Waals surface area contributed by atoms with Crippen molar-refractivity contribution in [3.05, 3.63) is 70.2 Å². The summed E-state index contributed by atoms with van der Waals surface area (Å²) in [5, 5.41) is 11.0. The third-order valence-electron chi connectivity index (χ3n) is 5.43. The Morgan fingerprint density at radius 2 is 1.17 bits per heavy atom. The van der Waals surface area contributed by atoms with Gasteiger partial charge in [0.25, 0.3) is 0 Å². The molecule has 0 saturated heterocycles. The number of aromatic nitrogens is 2. The molecule has 0 unspecified atom stereocenters. The van der Waals surface area contributed by atoms with Crippen molar-refractivity contribution in [3.63, 3.8) is 0 Å². The number of nitrogens with zero attached hydrogens (tertiary/aromatic N) is 2. The van der Waals surface area contributed by atoms with Crippen LogP contribution in [0.15, 0.2) is 48.5 Å². The Bertz CT molecular complexity index is 834. The third kappa shape index (κ3) is 7.08. The van der Waals surface area contributed by atoms with Crippen molar-refractivity contribution < 1.29 is 0 Å². The van der Waals surface area contributed by atoms with E-state index in [9.17, 15) is 0 Å². The smallest absolute Gasteiger partial charge is 0.143 e. The summed E-state index contributed by atoms with van der Waals surface area (Å²) in [5.74, 6) is 0. The van der Waals surface area contributed by atoms with E-state index in [-0.39, 0.29) is 0 Å². The minimum Gasteiger partial charge on any atom is -0.143 e. The number of aryl methyl sites for hydroxylation is 4. The molecule has 0 aliphatic heterocycles. The highest BCUT2D eigenvalue weighted by Gasteiger charge is 2.07. The van der Waals surface area contributed by atoms with Gasteiger partial charge in [-0.15, -0.1) is 10.2 Å². The summed E-state index contributed by atoms with van der Waals surface area (Å²) >= 11 is 1.75.